The van der Waals surface area contributed by atoms with Crippen LogP contribution in [0.15, 0.2) is 24.5 Å². The highest BCUT2D eigenvalue weighted by molar-refractivity contribution is 6.71. The zero-order chi connectivity index (χ0) is 9.90. The molecule has 0 amide bonds. The molecular formula is C9H13NO2Si. The monoisotopic (exact) mass is 195 g/mol. The quantitative estimate of drug-likeness (QED) is 0.678. The van der Waals surface area contributed by atoms with Crippen molar-refractivity contribution in [2.24, 2.45) is 0 Å². The molecule has 1 heterocycles. The summed E-state index contributed by atoms with van der Waals surface area (Å²) in [6.07, 6.45) is 3.17. The number of hydrogen-bond donors (Lipinski definition) is 0. The third kappa shape index (κ3) is 3.37. The fourth-order valence-corrected chi connectivity index (χ4v) is 1.50. The molecule has 1 aromatic rings. The van der Waals surface area contributed by atoms with Crippen molar-refractivity contribution >= 4 is 14.3 Å². The molecule has 0 aliphatic heterocycles. The normalized spacial score (nSPS) is 11.0. The highest BCUT2D eigenvalue weighted by Gasteiger charge is 2.20. The van der Waals surface area contributed by atoms with Crippen LogP contribution in [0.2, 0.25) is 19.6 Å². The lowest BCUT2D eigenvalue weighted by Gasteiger charge is -2.16. The molecule has 0 unspecified atom stereocenters. The van der Waals surface area contributed by atoms with E-state index < -0.39 is 8.32 Å². The van der Waals surface area contributed by atoms with Gasteiger partial charge in [0.15, 0.2) is 0 Å². The molecule has 1 aromatic heterocycles. The first-order chi connectivity index (χ1) is 5.99. The summed E-state index contributed by atoms with van der Waals surface area (Å²) in [5.41, 5.74) is 0.567. The van der Waals surface area contributed by atoms with Gasteiger partial charge in [-0.1, -0.05) is 0 Å². The van der Waals surface area contributed by atoms with E-state index in [9.17, 15) is 4.79 Å². The molecule has 3 nitrogen and oxygen atoms in total. The third-order valence-electron chi connectivity index (χ3n) is 1.31. The second kappa shape index (κ2) is 3.70. The summed E-state index contributed by atoms with van der Waals surface area (Å²) in [6.45, 7) is 5.93. The average Bonchev–Trinajstić information content (AvgIpc) is 2.03. The first kappa shape index (κ1) is 9.92. The predicted molar refractivity (Wildman–Crippen MR) is 53.0 cm³/mol. The minimum absolute atomic E-state index is 0.249. The van der Waals surface area contributed by atoms with Crippen LogP contribution in [0.4, 0.5) is 0 Å². The molecule has 0 saturated carbocycles. The maximum atomic E-state index is 11.4. The molecule has 0 radical (unpaired) electrons. The van der Waals surface area contributed by atoms with E-state index in [1.165, 1.54) is 0 Å². The Balaban J connectivity index is 2.71. The molecule has 0 aliphatic carbocycles. The minimum atomic E-state index is -1.77. The number of carbonyl (C=O) groups excluding carboxylic acids is 1. The Morgan fingerprint density at radius 2 is 1.85 bits per heavy atom. The molecular weight excluding hydrogens is 182 g/mol. The van der Waals surface area contributed by atoms with E-state index in [0.29, 0.717) is 5.56 Å². The summed E-state index contributed by atoms with van der Waals surface area (Å²) < 4.78 is 5.30. The molecule has 1 rings (SSSR count). The van der Waals surface area contributed by atoms with Crippen molar-refractivity contribution in [2.75, 3.05) is 0 Å². The summed E-state index contributed by atoms with van der Waals surface area (Å²) in [7, 11) is -1.77. The molecule has 70 valence electrons. The van der Waals surface area contributed by atoms with E-state index in [1.807, 2.05) is 19.6 Å². The van der Waals surface area contributed by atoms with Crippen LogP contribution in [0.3, 0.4) is 0 Å². The van der Waals surface area contributed by atoms with E-state index in [2.05, 4.69) is 4.98 Å². The van der Waals surface area contributed by atoms with Crippen LogP contribution in [0.25, 0.3) is 0 Å². The van der Waals surface area contributed by atoms with Crippen LogP contribution in [0.1, 0.15) is 10.4 Å². The van der Waals surface area contributed by atoms with Crippen molar-refractivity contribution in [3.63, 3.8) is 0 Å². The van der Waals surface area contributed by atoms with Gasteiger partial charge in [-0.15, -0.1) is 0 Å². The zero-order valence-electron chi connectivity index (χ0n) is 8.07. The van der Waals surface area contributed by atoms with Gasteiger partial charge < -0.3 is 4.43 Å². The Morgan fingerprint density at radius 3 is 2.31 bits per heavy atom. The molecule has 0 bridgehead atoms. The smallest absolute Gasteiger partial charge is 0.324 e. The van der Waals surface area contributed by atoms with Gasteiger partial charge in [-0.05, 0) is 31.8 Å². The Hall–Kier alpha value is -1.16. The van der Waals surface area contributed by atoms with E-state index in [4.69, 9.17) is 4.43 Å². The van der Waals surface area contributed by atoms with Crippen molar-refractivity contribution in [3.8, 4) is 0 Å². The highest BCUT2D eigenvalue weighted by Crippen LogP contribution is 2.07. The van der Waals surface area contributed by atoms with Gasteiger partial charge in [0.05, 0.1) is 5.56 Å². The number of nitrogens with zero attached hydrogens (tertiary/aromatic N) is 1. The summed E-state index contributed by atoms with van der Waals surface area (Å²) in [6, 6.07) is 3.31. The molecule has 0 spiro atoms. The van der Waals surface area contributed by atoms with E-state index in [-0.39, 0.29) is 5.97 Å². The molecule has 4 heteroatoms. The van der Waals surface area contributed by atoms with Crippen molar-refractivity contribution in [2.45, 2.75) is 19.6 Å². The molecule has 0 aliphatic rings. The Morgan fingerprint density at radius 1 is 1.31 bits per heavy atom. The van der Waals surface area contributed by atoms with Gasteiger partial charge in [-0.2, -0.15) is 0 Å². The van der Waals surface area contributed by atoms with Crippen molar-refractivity contribution < 1.29 is 9.22 Å². The first-order valence-electron chi connectivity index (χ1n) is 4.12. The zero-order valence-corrected chi connectivity index (χ0v) is 9.07. The Labute approximate surface area is 78.9 Å². The van der Waals surface area contributed by atoms with Crippen LogP contribution >= 0.6 is 0 Å². The van der Waals surface area contributed by atoms with Gasteiger partial charge in [0.2, 0.25) is 8.32 Å². The highest BCUT2D eigenvalue weighted by atomic mass is 28.4. The van der Waals surface area contributed by atoms with Gasteiger partial charge >= 0.3 is 5.97 Å². The Bertz CT molecular complexity index is 292. The standard InChI is InChI=1S/C9H13NO2Si/c1-13(2,3)12-9(11)8-4-6-10-7-5-8/h4-7H,1-3H3. The second-order valence-electron chi connectivity index (χ2n) is 3.74. The lowest BCUT2D eigenvalue weighted by molar-refractivity contribution is 0.0724. The largest absolute Gasteiger partial charge is 0.516 e. The number of rotatable bonds is 2. The Kier molecular flexibility index (Phi) is 2.82. The van der Waals surface area contributed by atoms with Crippen LogP contribution in [0.5, 0.6) is 0 Å². The van der Waals surface area contributed by atoms with Crippen molar-refractivity contribution in [1.29, 1.82) is 0 Å². The third-order valence-corrected chi connectivity index (χ3v) is 2.11. The number of pyridine rings is 1. The van der Waals surface area contributed by atoms with Gasteiger partial charge in [0.1, 0.15) is 0 Å². The summed E-state index contributed by atoms with van der Waals surface area (Å²) in [5, 5.41) is 0. The van der Waals surface area contributed by atoms with E-state index in [0.717, 1.165) is 0 Å². The van der Waals surface area contributed by atoms with Crippen LogP contribution in [-0.4, -0.2) is 19.3 Å². The first-order valence-corrected chi connectivity index (χ1v) is 7.53. The van der Waals surface area contributed by atoms with Gasteiger partial charge in [-0.25, -0.2) is 4.79 Å². The molecule has 0 atom stereocenters. The van der Waals surface area contributed by atoms with Crippen LogP contribution < -0.4 is 0 Å². The maximum Gasteiger partial charge on any atom is 0.324 e. The number of hydrogen-bond acceptors (Lipinski definition) is 3. The summed E-state index contributed by atoms with van der Waals surface area (Å²) >= 11 is 0. The fourth-order valence-electron chi connectivity index (χ4n) is 0.825. The summed E-state index contributed by atoms with van der Waals surface area (Å²) in [5.74, 6) is -0.249. The van der Waals surface area contributed by atoms with E-state index in [1.54, 1.807) is 24.5 Å². The van der Waals surface area contributed by atoms with E-state index >= 15 is 0 Å². The lowest BCUT2D eigenvalue weighted by Crippen LogP contribution is -2.29. The van der Waals surface area contributed by atoms with Gasteiger partial charge in [0, 0.05) is 12.4 Å². The average molecular weight is 195 g/mol. The van der Waals surface area contributed by atoms with Crippen molar-refractivity contribution in [3.05, 3.63) is 30.1 Å². The van der Waals surface area contributed by atoms with Gasteiger partial charge in [-0.3, -0.25) is 4.98 Å². The number of carbonyl (C=O) groups is 1. The molecule has 0 N–H and O–H groups in total. The number of aromatic nitrogens is 1. The molecule has 0 saturated heterocycles. The van der Waals surface area contributed by atoms with Crippen LogP contribution in [0, 0.1) is 0 Å². The lowest BCUT2D eigenvalue weighted by atomic mass is 10.3. The predicted octanol–water partition coefficient (Wildman–Crippen LogP) is 2.07. The molecule has 0 fully saturated rings. The molecule has 0 aromatic carbocycles. The SMILES string of the molecule is C[Si](C)(C)OC(=O)c1ccncc1. The van der Waals surface area contributed by atoms with Crippen molar-refractivity contribution in [1.82, 2.24) is 4.98 Å². The van der Waals surface area contributed by atoms with Crippen LogP contribution in [-0.2, 0) is 4.43 Å². The second-order valence-corrected chi connectivity index (χ2v) is 8.17. The fraction of sp³-hybridized carbons (Fsp3) is 0.333. The maximum absolute atomic E-state index is 11.4. The van der Waals surface area contributed by atoms with Gasteiger partial charge in [0.25, 0.3) is 0 Å². The summed E-state index contributed by atoms with van der Waals surface area (Å²) in [4.78, 5) is 15.3. The molecule has 13 heavy (non-hydrogen) atoms. The minimum Gasteiger partial charge on any atom is -0.516 e. The topological polar surface area (TPSA) is 39.2 Å².